The van der Waals surface area contributed by atoms with E-state index in [-0.39, 0.29) is 24.6 Å². The third kappa shape index (κ3) is 2.47. The molecule has 1 atom stereocenters. The normalized spacial score (nSPS) is 18.0. The summed E-state index contributed by atoms with van der Waals surface area (Å²) >= 11 is 0. The first-order chi connectivity index (χ1) is 10.6. The first-order valence-corrected chi connectivity index (χ1v) is 7.14. The number of hydrogen-bond donors (Lipinski definition) is 1. The molecule has 3 rings (SSSR count). The van der Waals surface area contributed by atoms with E-state index in [1.807, 2.05) is 0 Å². The van der Waals surface area contributed by atoms with Crippen LogP contribution in [-0.4, -0.2) is 48.7 Å². The highest BCUT2D eigenvalue weighted by molar-refractivity contribution is 5.84. The number of carboxylic acids is 1. The van der Waals surface area contributed by atoms with Crippen molar-refractivity contribution in [1.82, 2.24) is 19.1 Å². The van der Waals surface area contributed by atoms with Crippen LogP contribution in [0.2, 0.25) is 0 Å². The first-order valence-electron chi connectivity index (χ1n) is 7.14. The minimum absolute atomic E-state index is 0.0631. The average molecular weight is 304 g/mol. The average Bonchev–Trinajstić information content (AvgIpc) is 3.11. The molecule has 0 unspecified atom stereocenters. The topological polar surface area (TPSA) is 96.9 Å². The first kappa shape index (κ1) is 14.3. The quantitative estimate of drug-likeness (QED) is 0.855. The second-order valence-corrected chi connectivity index (χ2v) is 5.27. The zero-order chi connectivity index (χ0) is 15.7. The van der Waals surface area contributed by atoms with Gasteiger partial charge in [-0.15, -0.1) is 5.10 Å². The summed E-state index contributed by atoms with van der Waals surface area (Å²) < 4.78 is 2.64. The van der Waals surface area contributed by atoms with E-state index >= 15 is 0 Å². The van der Waals surface area contributed by atoms with Crippen molar-refractivity contribution in [3.63, 3.8) is 0 Å². The van der Waals surface area contributed by atoms with Crippen molar-refractivity contribution >= 4 is 17.5 Å². The van der Waals surface area contributed by atoms with E-state index in [2.05, 4.69) is 5.10 Å². The lowest BCUT2D eigenvalue weighted by molar-refractivity contribution is -0.148. The van der Waals surface area contributed by atoms with Crippen LogP contribution >= 0.6 is 0 Å². The number of aryl methyl sites for hydroxylation is 1. The summed E-state index contributed by atoms with van der Waals surface area (Å²) in [4.78, 5) is 36.7. The molecule has 1 aliphatic rings. The molecule has 1 N–H and O–H groups in total. The molecule has 1 amide bonds. The molecule has 2 aromatic heterocycles. The van der Waals surface area contributed by atoms with Crippen molar-refractivity contribution in [2.45, 2.75) is 31.8 Å². The Morgan fingerprint density at radius 2 is 2.18 bits per heavy atom. The summed E-state index contributed by atoms with van der Waals surface area (Å²) in [6.45, 7) is 0.595. The highest BCUT2D eigenvalue weighted by Crippen LogP contribution is 2.18. The Hall–Kier alpha value is -2.64. The zero-order valence-electron chi connectivity index (χ0n) is 11.9. The smallest absolute Gasteiger partial charge is 0.350 e. The van der Waals surface area contributed by atoms with Gasteiger partial charge >= 0.3 is 11.7 Å². The molecule has 22 heavy (non-hydrogen) atoms. The number of nitrogens with zero attached hydrogens (tertiary/aromatic N) is 4. The summed E-state index contributed by atoms with van der Waals surface area (Å²) in [6, 6.07) is 4.47. The van der Waals surface area contributed by atoms with Crippen LogP contribution in [0.1, 0.15) is 19.3 Å². The Balaban J connectivity index is 1.71. The summed E-state index contributed by atoms with van der Waals surface area (Å²) in [7, 11) is 0. The number of hydrogen-bond acceptors (Lipinski definition) is 4. The van der Waals surface area contributed by atoms with E-state index in [1.54, 1.807) is 24.4 Å². The van der Waals surface area contributed by atoms with Gasteiger partial charge in [-0.05, 0) is 25.0 Å². The van der Waals surface area contributed by atoms with Gasteiger partial charge in [-0.25, -0.2) is 14.3 Å². The summed E-state index contributed by atoms with van der Waals surface area (Å²) in [5.74, 6) is -1.23. The van der Waals surface area contributed by atoms with Gasteiger partial charge < -0.3 is 10.0 Å². The largest absolute Gasteiger partial charge is 0.480 e. The number of carboxylic acid groups (broad SMARTS) is 1. The number of carbonyl (C=O) groups excluding carboxylic acids is 1. The molecule has 0 bridgehead atoms. The lowest BCUT2D eigenvalue weighted by atomic mass is 10.2. The van der Waals surface area contributed by atoms with Gasteiger partial charge in [0.25, 0.3) is 0 Å². The Kier molecular flexibility index (Phi) is 3.66. The minimum Gasteiger partial charge on any atom is -0.480 e. The molecule has 0 saturated carbocycles. The minimum atomic E-state index is -0.976. The molecule has 8 heteroatoms. The predicted molar refractivity (Wildman–Crippen MR) is 76.4 cm³/mol. The number of carbonyl (C=O) groups is 2. The van der Waals surface area contributed by atoms with E-state index in [0.29, 0.717) is 25.0 Å². The van der Waals surface area contributed by atoms with E-state index in [0.717, 1.165) is 0 Å². The standard InChI is InChI=1S/C14H16N4O4/c19-12(16-8-3-4-10(16)13(20)21)6-9-18-14(22)17-7-2-1-5-11(17)15-18/h1-2,5,7,10H,3-4,6,8-9H2,(H,20,21)/t10-/m1/s1. The summed E-state index contributed by atoms with van der Waals surface area (Å²) in [5, 5.41) is 13.2. The third-order valence-corrected chi connectivity index (χ3v) is 3.88. The second kappa shape index (κ2) is 5.63. The molecular weight excluding hydrogens is 288 g/mol. The highest BCUT2D eigenvalue weighted by atomic mass is 16.4. The van der Waals surface area contributed by atoms with Crippen molar-refractivity contribution in [2.24, 2.45) is 0 Å². The van der Waals surface area contributed by atoms with E-state index in [4.69, 9.17) is 5.11 Å². The van der Waals surface area contributed by atoms with Gasteiger partial charge in [0.2, 0.25) is 5.91 Å². The maximum Gasteiger partial charge on any atom is 0.350 e. The molecule has 1 aliphatic heterocycles. The van der Waals surface area contributed by atoms with Gasteiger partial charge in [-0.2, -0.15) is 0 Å². The number of pyridine rings is 1. The van der Waals surface area contributed by atoms with Crippen LogP contribution in [-0.2, 0) is 16.1 Å². The monoisotopic (exact) mass is 304 g/mol. The molecule has 0 spiro atoms. The van der Waals surface area contributed by atoms with E-state index < -0.39 is 12.0 Å². The van der Waals surface area contributed by atoms with Crippen LogP contribution in [0.3, 0.4) is 0 Å². The van der Waals surface area contributed by atoms with Crippen LogP contribution in [0.4, 0.5) is 0 Å². The molecule has 0 aliphatic carbocycles. The fourth-order valence-corrected chi connectivity index (χ4v) is 2.78. The van der Waals surface area contributed by atoms with Crippen molar-refractivity contribution in [3.05, 3.63) is 34.9 Å². The van der Waals surface area contributed by atoms with E-state index in [1.165, 1.54) is 14.0 Å². The molecule has 0 radical (unpaired) electrons. The van der Waals surface area contributed by atoms with Crippen molar-refractivity contribution in [2.75, 3.05) is 6.54 Å². The predicted octanol–water partition coefficient (Wildman–Crippen LogP) is -0.0383. The number of fused-ring (bicyclic) bond motifs is 1. The van der Waals surface area contributed by atoms with Gasteiger partial charge in [0.1, 0.15) is 6.04 Å². The molecule has 1 fully saturated rings. The van der Waals surface area contributed by atoms with Crippen molar-refractivity contribution in [1.29, 1.82) is 0 Å². The maximum absolute atomic E-state index is 12.2. The molecule has 0 aromatic carbocycles. The molecule has 1 saturated heterocycles. The summed E-state index contributed by atoms with van der Waals surface area (Å²) in [6.07, 6.45) is 2.85. The lowest BCUT2D eigenvalue weighted by Crippen LogP contribution is -2.41. The molecule has 2 aromatic rings. The zero-order valence-corrected chi connectivity index (χ0v) is 11.9. The fraction of sp³-hybridized carbons (Fsp3) is 0.429. The van der Waals surface area contributed by atoms with Crippen LogP contribution in [0.25, 0.3) is 5.65 Å². The molecule has 116 valence electrons. The van der Waals surface area contributed by atoms with Gasteiger partial charge in [0.15, 0.2) is 5.65 Å². The molecule has 8 nitrogen and oxygen atoms in total. The number of amides is 1. The van der Waals surface area contributed by atoms with Gasteiger partial charge in [0, 0.05) is 19.2 Å². The fourth-order valence-electron chi connectivity index (χ4n) is 2.78. The Labute approximate surface area is 125 Å². The number of rotatable bonds is 4. The lowest BCUT2D eigenvalue weighted by Gasteiger charge is -2.21. The Morgan fingerprint density at radius 3 is 2.91 bits per heavy atom. The maximum atomic E-state index is 12.2. The van der Waals surface area contributed by atoms with Gasteiger partial charge in [0.05, 0.1) is 6.54 Å². The number of aliphatic carboxylic acids is 1. The summed E-state index contributed by atoms with van der Waals surface area (Å²) in [5.41, 5.74) is 0.212. The number of aromatic nitrogens is 3. The Morgan fingerprint density at radius 1 is 1.36 bits per heavy atom. The second-order valence-electron chi connectivity index (χ2n) is 5.27. The molecular formula is C14H16N4O4. The third-order valence-electron chi connectivity index (χ3n) is 3.88. The molecule has 3 heterocycles. The van der Waals surface area contributed by atoms with Crippen molar-refractivity contribution < 1.29 is 14.7 Å². The van der Waals surface area contributed by atoms with Crippen LogP contribution in [0.15, 0.2) is 29.2 Å². The van der Waals surface area contributed by atoms with Gasteiger partial charge in [-0.3, -0.25) is 9.20 Å². The SMILES string of the molecule is O=C(O)[C@H]1CCCN1C(=O)CCn1nc2ccccn2c1=O. The van der Waals surface area contributed by atoms with E-state index in [9.17, 15) is 14.4 Å². The van der Waals surface area contributed by atoms with Crippen LogP contribution in [0.5, 0.6) is 0 Å². The van der Waals surface area contributed by atoms with Crippen molar-refractivity contribution in [3.8, 4) is 0 Å². The highest BCUT2D eigenvalue weighted by Gasteiger charge is 2.33. The Bertz CT molecular complexity index is 778. The number of likely N-dealkylation sites (tertiary alicyclic amines) is 1. The van der Waals surface area contributed by atoms with Crippen LogP contribution < -0.4 is 5.69 Å². The van der Waals surface area contributed by atoms with Gasteiger partial charge in [-0.1, -0.05) is 6.07 Å². The van der Waals surface area contributed by atoms with Crippen LogP contribution in [0, 0.1) is 0 Å².